The Kier molecular flexibility index (Phi) is 4.28. The zero-order chi connectivity index (χ0) is 20.0. The number of furan rings is 1. The van der Waals surface area contributed by atoms with Crippen molar-refractivity contribution in [1.82, 2.24) is 14.9 Å². The Morgan fingerprint density at radius 3 is 2.83 bits per heavy atom. The van der Waals surface area contributed by atoms with Gasteiger partial charge in [0.15, 0.2) is 11.5 Å². The molecule has 29 heavy (non-hydrogen) atoms. The SMILES string of the molecule is Cc1ccc(-n2nc3c(c2NC(=O)c2cc(-c4ccco4)on2)CSC3)cc1C. The van der Waals surface area contributed by atoms with Crippen molar-refractivity contribution >= 4 is 23.5 Å². The second-order valence-corrected chi connectivity index (χ2v) is 7.94. The van der Waals surface area contributed by atoms with Crippen LogP contribution in [0.25, 0.3) is 17.2 Å². The second kappa shape index (κ2) is 6.97. The lowest BCUT2D eigenvalue weighted by Gasteiger charge is -2.11. The third-order valence-corrected chi connectivity index (χ3v) is 6.00. The highest BCUT2D eigenvalue weighted by Crippen LogP contribution is 2.36. The highest BCUT2D eigenvalue weighted by Gasteiger charge is 2.26. The summed E-state index contributed by atoms with van der Waals surface area (Å²) in [6, 6.07) is 11.2. The molecule has 8 heteroatoms. The number of anilines is 1. The lowest BCUT2D eigenvalue weighted by atomic mass is 10.1. The van der Waals surface area contributed by atoms with Crippen LogP contribution in [-0.4, -0.2) is 20.8 Å². The minimum absolute atomic E-state index is 0.184. The lowest BCUT2D eigenvalue weighted by Crippen LogP contribution is -2.16. The molecule has 4 aromatic rings. The van der Waals surface area contributed by atoms with Crippen LogP contribution in [0.2, 0.25) is 0 Å². The number of aryl methyl sites for hydroxylation is 2. The number of carbonyl (C=O) groups excluding carboxylic acids is 1. The van der Waals surface area contributed by atoms with Crippen molar-refractivity contribution < 1.29 is 13.7 Å². The summed E-state index contributed by atoms with van der Waals surface area (Å²) in [5.41, 5.74) is 5.53. The summed E-state index contributed by atoms with van der Waals surface area (Å²) in [7, 11) is 0. The van der Waals surface area contributed by atoms with Gasteiger partial charge < -0.3 is 14.3 Å². The first kappa shape index (κ1) is 17.8. The second-order valence-electron chi connectivity index (χ2n) is 6.95. The van der Waals surface area contributed by atoms with Crippen molar-refractivity contribution in [3.8, 4) is 17.2 Å². The first-order valence-corrected chi connectivity index (χ1v) is 10.3. The molecular weight excluding hydrogens is 388 g/mol. The summed E-state index contributed by atoms with van der Waals surface area (Å²) in [5.74, 6) is 2.91. The number of amides is 1. The maximum Gasteiger partial charge on any atom is 0.279 e. The van der Waals surface area contributed by atoms with Crippen molar-refractivity contribution in [1.29, 1.82) is 0 Å². The summed E-state index contributed by atoms with van der Waals surface area (Å²) in [6.07, 6.45) is 1.54. The summed E-state index contributed by atoms with van der Waals surface area (Å²) in [5, 5.41) is 11.6. The molecule has 0 fully saturated rings. The molecule has 7 nitrogen and oxygen atoms in total. The van der Waals surface area contributed by atoms with Crippen LogP contribution >= 0.6 is 11.8 Å². The van der Waals surface area contributed by atoms with Gasteiger partial charge in [-0.2, -0.15) is 16.9 Å². The molecule has 1 aliphatic rings. The largest absolute Gasteiger partial charge is 0.461 e. The highest BCUT2D eigenvalue weighted by atomic mass is 32.2. The van der Waals surface area contributed by atoms with E-state index in [1.54, 1.807) is 36.2 Å². The molecule has 1 N–H and O–H groups in total. The highest BCUT2D eigenvalue weighted by molar-refractivity contribution is 7.98. The zero-order valence-electron chi connectivity index (χ0n) is 15.9. The number of rotatable bonds is 4. The van der Waals surface area contributed by atoms with E-state index in [4.69, 9.17) is 14.0 Å². The average molecular weight is 406 g/mol. The Bertz CT molecular complexity index is 1210. The predicted molar refractivity (Wildman–Crippen MR) is 110 cm³/mol. The summed E-state index contributed by atoms with van der Waals surface area (Å²) >= 11 is 1.78. The number of thioether (sulfide) groups is 1. The molecule has 1 aromatic carbocycles. The molecule has 0 spiro atoms. The van der Waals surface area contributed by atoms with E-state index in [9.17, 15) is 4.79 Å². The first-order chi connectivity index (χ1) is 14.1. The summed E-state index contributed by atoms with van der Waals surface area (Å²) < 4.78 is 12.4. The molecule has 0 saturated carbocycles. The van der Waals surface area contributed by atoms with Crippen LogP contribution in [0.4, 0.5) is 5.82 Å². The van der Waals surface area contributed by atoms with Crippen LogP contribution in [0.3, 0.4) is 0 Å². The van der Waals surface area contributed by atoms with Gasteiger partial charge in [0.1, 0.15) is 5.82 Å². The van der Waals surface area contributed by atoms with Crippen LogP contribution < -0.4 is 5.32 Å². The zero-order valence-corrected chi connectivity index (χ0v) is 16.7. The summed E-state index contributed by atoms with van der Waals surface area (Å²) in [4.78, 5) is 12.9. The Morgan fingerprint density at radius 2 is 2.03 bits per heavy atom. The minimum atomic E-state index is -0.351. The maximum absolute atomic E-state index is 12.9. The van der Waals surface area contributed by atoms with Gasteiger partial charge in [0.05, 0.1) is 17.6 Å². The van der Waals surface area contributed by atoms with Crippen LogP contribution in [0.5, 0.6) is 0 Å². The van der Waals surface area contributed by atoms with E-state index >= 15 is 0 Å². The van der Waals surface area contributed by atoms with Crippen molar-refractivity contribution in [2.24, 2.45) is 0 Å². The predicted octanol–water partition coefficient (Wildman–Crippen LogP) is 4.74. The molecule has 3 aromatic heterocycles. The summed E-state index contributed by atoms with van der Waals surface area (Å²) in [6.45, 7) is 4.14. The number of nitrogens with one attached hydrogen (secondary N) is 1. The van der Waals surface area contributed by atoms with Crippen molar-refractivity contribution in [2.75, 3.05) is 5.32 Å². The molecule has 1 amide bonds. The lowest BCUT2D eigenvalue weighted by molar-refractivity contribution is 0.101. The Hall–Kier alpha value is -3.26. The molecule has 4 heterocycles. The van der Waals surface area contributed by atoms with Gasteiger partial charge in [-0.1, -0.05) is 11.2 Å². The molecule has 0 bridgehead atoms. The van der Waals surface area contributed by atoms with E-state index < -0.39 is 0 Å². The van der Waals surface area contributed by atoms with Gasteiger partial charge in [0.25, 0.3) is 5.91 Å². The molecule has 0 atom stereocenters. The van der Waals surface area contributed by atoms with Gasteiger partial charge in [-0.3, -0.25) is 4.79 Å². The third-order valence-electron chi connectivity index (χ3n) is 5.03. The molecule has 5 rings (SSSR count). The van der Waals surface area contributed by atoms with E-state index in [-0.39, 0.29) is 11.6 Å². The van der Waals surface area contributed by atoms with Gasteiger partial charge >= 0.3 is 0 Å². The van der Waals surface area contributed by atoms with E-state index in [0.29, 0.717) is 17.3 Å². The van der Waals surface area contributed by atoms with E-state index in [2.05, 4.69) is 36.5 Å². The fraction of sp³-hybridized carbons (Fsp3) is 0.190. The quantitative estimate of drug-likeness (QED) is 0.527. The minimum Gasteiger partial charge on any atom is -0.461 e. The Balaban J connectivity index is 1.49. The Morgan fingerprint density at radius 1 is 1.14 bits per heavy atom. The number of aromatic nitrogens is 3. The average Bonchev–Trinajstić information content (AvgIpc) is 3.49. The normalized spacial score (nSPS) is 12.9. The third kappa shape index (κ3) is 3.15. The van der Waals surface area contributed by atoms with Crippen molar-refractivity contribution in [2.45, 2.75) is 25.4 Å². The van der Waals surface area contributed by atoms with Crippen LogP contribution in [-0.2, 0) is 11.5 Å². The number of fused-ring (bicyclic) bond motifs is 1. The van der Waals surface area contributed by atoms with E-state index in [1.165, 1.54) is 11.1 Å². The Labute approximate surface area is 171 Å². The van der Waals surface area contributed by atoms with Gasteiger partial charge in [0.2, 0.25) is 5.76 Å². The number of hydrogen-bond acceptors (Lipinski definition) is 6. The number of nitrogens with zero attached hydrogens (tertiary/aromatic N) is 3. The van der Waals surface area contributed by atoms with Gasteiger partial charge in [-0.05, 0) is 49.2 Å². The first-order valence-electron chi connectivity index (χ1n) is 9.18. The molecule has 0 aliphatic carbocycles. The van der Waals surface area contributed by atoms with Crippen LogP contribution in [0.1, 0.15) is 32.9 Å². The fourth-order valence-corrected chi connectivity index (χ4v) is 4.31. The number of carbonyl (C=O) groups is 1. The van der Waals surface area contributed by atoms with Crippen molar-refractivity contribution in [3.63, 3.8) is 0 Å². The van der Waals surface area contributed by atoms with E-state index in [0.717, 1.165) is 28.5 Å². The van der Waals surface area contributed by atoms with Crippen LogP contribution in [0.15, 0.2) is 51.6 Å². The maximum atomic E-state index is 12.9. The fourth-order valence-electron chi connectivity index (χ4n) is 3.27. The van der Waals surface area contributed by atoms with Gasteiger partial charge in [0, 0.05) is 23.1 Å². The monoisotopic (exact) mass is 406 g/mol. The molecule has 0 saturated heterocycles. The molecular formula is C21H18N4O3S. The van der Waals surface area contributed by atoms with Gasteiger partial charge in [-0.15, -0.1) is 0 Å². The molecule has 0 radical (unpaired) electrons. The smallest absolute Gasteiger partial charge is 0.279 e. The number of benzene rings is 1. The topological polar surface area (TPSA) is 86.1 Å². The molecule has 146 valence electrons. The van der Waals surface area contributed by atoms with Crippen LogP contribution in [0, 0.1) is 13.8 Å². The van der Waals surface area contributed by atoms with Crippen molar-refractivity contribution in [3.05, 3.63) is 70.7 Å². The van der Waals surface area contributed by atoms with Gasteiger partial charge in [-0.25, -0.2) is 4.68 Å². The standard InChI is InChI=1S/C21H18N4O3S/c1-12-5-6-14(8-13(12)2)25-20(15-10-29-11-17(15)23-25)22-21(26)16-9-19(28-24-16)18-4-3-7-27-18/h3-9H,10-11H2,1-2H3,(H,22,26). The molecule has 0 unspecified atom stereocenters. The molecule has 1 aliphatic heterocycles. The number of hydrogen-bond donors (Lipinski definition) is 1. The van der Waals surface area contributed by atoms with E-state index in [1.807, 2.05) is 10.7 Å².